The molecule has 1 atom stereocenters. The highest BCUT2D eigenvalue weighted by atomic mass is 79.9. The first-order chi connectivity index (χ1) is 16.7. The molecule has 0 aliphatic carbocycles. The van der Waals surface area contributed by atoms with E-state index in [1.165, 1.54) is 15.9 Å². The molecule has 0 spiro atoms. The number of allylic oxidation sites excluding steroid dienone is 1. The molecule has 0 bridgehead atoms. The number of phenolic OH excluding ortho intramolecular Hbond substituents is 1. The van der Waals surface area contributed by atoms with Crippen LogP contribution in [0.1, 0.15) is 37.9 Å². The number of hydrogen-bond acceptors (Lipinski definition) is 7. The minimum atomic E-state index is -0.733. The van der Waals surface area contributed by atoms with Crippen LogP contribution in [0.3, 0.4) is 0 Å². The summed E-state index contributed by atoms with van der Waals surface area (Å²) in [5.41, 5.74) is 1.52. The minimum Gasteiger partial charge on any atom is -0.506 e. The third-order valence-electron chi connectivity index (χ3n) is 5.37. The number of hydrogen-bond donors (Lipinski definition) is 1. The predicted molar refractivity (Wildman–Crippen MR) is 139 cm³/mol. The Bertz CT molecular complexity index is 1510. The molecular weight excluding hydrogens is 556 g/mol. The number of halogens is 2. The maximum Gasteiger partial charge on any atom is 0.338 e. The van der Waals surface area contributed by atoms with Gasteiger partial charge < -0.3 is 14.6 Å². The molecule has 0 saturated heterocycles. The quantitative estimate of drug-likeness (QED) is 0.441. The monoisotopic (exact) mass is 576 g/mol. The van der Waals surface area contributed by atoms with Gasteiger partial charge in [-0.25, -0.2) is 9.79 Å². The van der Waals surface area contributed by atoms with Crippen LogP contribution in [0.2, 0.25) is 5.02 Å². The van der Waals surface area contributed by atoms with Crippen molar-refractivity contribution in [3.05, 3.63) is 88.0 Å². The number of ether oxygens (including phenoxy) is 2. The summed E-state index contributed by atoms with van der Waals surface area (Å²) in [5, 5.41) is 10.9. The summed E-state index contributed by atoms with van der Waals surface area (Å²) < 4.78 is 13.1. The second kappa shape index (κ2) is 10.4. The third kappa shape index (κ3) is 4.94. The van der Waals surface area contributed by atoms with Crippen molar-refractivity contribution >= 4 is 50.9 Å². The standard InChI is InChI=1S/C25H22BrClN2O5S/c1-4-33-17-8-6-14(7-9-17)21-20(24(32)34-5-2)13(3)28-25-29(21)23(31)19(35-25)11-15-10-16(27)12-18(26)22(15)30/h6-12,21,30H,4-5H2,1-3H3/b19-11-. The van der Waals surface area contributed by atoms with Crippen molar-refractivity contribution in [3.63, 3.8) is 0 Å². The van der Waals surface area contributed by atoms with Crippen LogP contribution in [0.5, 0.6) is 11.5 Å². The zero-order chi connectivity index (χ0) is 25.3. The van der Waals surface area contributed by atoms with Crippen molar-refractivity contribution in [2.45, 2.75) is 26.8 Å². The smallest absolute Gasteiger partial charge is 0.338 e. The van der Waals surface area contributed by atoms with E-state index in [1.54, 1.807) is 44.2 Å². The number of thiazole rings is 1. The molecule has 7 nitrogen and oxygen atoms in total. The van der Waals surface area contributed by atoms with E-state index in [-0.39, 0.29) is 17.9 Å². The molecule has 0 fully saturated rings. The molecule has 1 aromatic heterocycles. The molecule has 2 aromatic carbocycles. The lowest BCUT2D eigenvalue weighted by Gasteiger charge is -2.24. The summed E-state index contributed by atoms with van der Waals surface area (Å²) in [6, 6.07) is 9.65. The normalized spacial score (nSPS) is 15.6. The van der Waals surface area contributed by atoms with Crippen LogP contribution in [0.15, 0.2) is 61.9 Å². The minimum absolute atomic E-state index is 0.0355. The molecule has 1 aliphatic heterocycles. The van der Waals surface area contributed by atoms with Crippen LogP contribution in [0, 0.1) is 0 Å². The SMILES string of the molecule is CCOC(=O)C1=C(C)N=c2s/c(=C\c3cc(Cl)cc(Br)c3O)c(=O)n2C1c1ccc(OCC)cc1. The fourth-order valence-corrected chi connectivity index (χ4v) is 5.73. The molecule has 0 radical (unpaired) electrons. The zero-order valence-corrected chi connectivity index (χ0v) is 22.3. The van der Waals surface area contributed by atoms with Crippen molar-refractivity contribution in [1.29, 1.82) is 0 Å². The lowest BCUT2D eigenvalue weighted by atomic mass is 9.96. The van der Waals surface area contributed by atoms with E-state index in [9.17, 15) is 14.7 Å². The zero-order valence-electron chi connectivity index (χ0n) is 19.2. The Hall–Kier alpha value is -2.88. The molecule has 4 rings (SSSR count). The van der Waals surface area contributed by atoms with Crippen LogP contribution >= 0.6 is 38.9 Å². The van der Waals surface area contributed by atoms with Crippen LogP contribution < -0.4 is 19.6 Å². The molecule has 35 heavy (non-hydrogen) atoms. The van der Waals surface area contributed by atoms with E-state index < -0.39 is 12.0 Å². The van der Waals surface area contributed by atoms with Crippen molar-refractivity contribution in [2.24, 2.45) is 4.99 Å². The van der Waals surface area contributed by atoms with Gasteiger partial charge >= 0.3 is 5.97 Å². The van der Waals surface area contributed by atoms with Gasteiger partial charge in [0.15, 0.2) is 4.80 Å². The molecule has 0 saturated carbocycles. The fraction of sp³-hybridized carbons (Fsp3) is 0.240. The van der Waals surface area contributed by atoms with Gasteiger partial charge in [0.1, 0.15) is 11.5 Å². The van der Waals surface area contributed by atoms with Gasteiger partial charge in [-0.05, 0) is 72.6 Å². The number of carbonyl (C=O) groups is 1. The van der Waals surface area contributed by atoms with Crippen molar-refractivity contribution in [2.75, 3.05) is 13.2 Å². The topological polar surface area (TPSA) is 90.1 Å². The number of aromatic nitrogens is 1. The Labute approximate surface area is 218 Å². The fourth-order valence-electron chi connectivity index (χ4n) is 3.86. The molecule has 3 aromatic rings. The second-order valence-corrected chi connectivity index (χ2v) is 9.93. The lowest BCUT2D eigenvalue weighted by molar-refractivity contribution is -0.139. The Kier molecular flexibility index (Phi) is 7.49. The van der Waals surface area contributed by atoms with Gasteiger partial charge in [-0.3, -0.25) is 9.36 Å². The van der Waals surface area contributed by atoms with Gasteiger partial charge in [-0.2, -0.15) is 0 Å². The highest BCUT2D eigenvalue weighted by Gasteiger charge is 2.33. The van der Waals surface area contributed by atoms with Gasteiger partial charge in [0.2, 0.25) is 0 Å². The average Bonchev–Trinajstić information content (AvgIpc) is 3.11. The first-order valence-corrected chi connectivity index (χ1v) is 12.8. The van der Waals surface area contributed by atoms with Crippen LogP contribution in [-0.4, -0.2) is 28.9 Å². The van der Waals surface area contributed by atoms with E-state index in [0.717, 1.165) is 0 Å². The van der Waals surface area contributed by atoms with Gasteiger partial charge in [0, 0.05) is 10.6 Å². The largest absolute Gasteiger partial charge is 0.506 e. The van der Waals surface area contributed by atoms with E-state index in [2.05, 4.69) is 20.9 Å². The first kappa shape index (κ1) is 25.2. The highest BCUT2D eigenvalue weighted by Crippen LogP contribution is 2.33. The van der Waals surface area contributed by atoms with Crippen LogP contribution in [0.25, 0.3) is 6.08 Å². The molecule has 1 unspecified atom stereocenters. The first-order valence-electron chi connectivity index (χ1n) is 10.9. The highest BCUT2D eigenvalue weighted by molar-refractivity contribution is 9.10. The van der Waals surface area contributed by atoms with Crippen LogP contribution in [-0.2, 0) is 9.53 Å². The van der Waals surface area contributed by atoms with Gasteiger partial charge in [-0.15, -0.1) is 0 Å². The molecule has 10 heteroatoms. The molecule has 1 N–H and O–H groups in total. The van der Waals surface area contributed by atoms with Crippen molar-refractivity contribution < 1.29 is 19.4 Å². The molecule has 182 valence electrons. The maximum atomic E-state index is 13.6. The molecular formula is C25H22BrClN2O5S. The Balaban J connectivity index is 1.94. The predicted octanol–water partition coefficient (Wildman–Crippen LogP) is 4.32. The number of fused-ring (bicyclic) bond motifs is 1. The summed E-state index contributed by atoms with van der Waals surface area (Å²) >= 11 is 10.6. The number of esters is 1. The molecule has 0 amide bonds. The Morgan fingerprint density at radius 3 is 2.63 bits per heavy atom. The summed E-state index contributed by atoms with van der Waals surface area (Å²) in [6.45, 7) is 6.07. The summed E-state index contributed by atoms with van der Waals surface area (Å²) in [6.07, 6.45) is 1.56. The van der Waals surface area contributed by atoms with E-state index >= 15 is 0 Å². The van der Waals surface area contributed by atoms with Crippen molar-refractivity contribution in [1.82, 2.24) is 4.57 Å². The van der Waals surface area contributed by atoms with Crippen molar-refractivity contribution in [3.8, 4) is 11.5 Å². The Morgan fingerprint density at radius 2 is 1.97 bits per heavy atom. The second-order valence-electron chi connectivity index (χ2n) is 7.63. The number of rotatable bonds is 6. The average molecular weight is 578 g/mol. The summed E-state index contributed by atoms with van der Waals surface area (Å²) in [4.78, 5) is 31.6. The number of carbonyl (C=O) groups excluding carboxylic acids is 1. The van der Waals surface area contributed by atoms with E-state index in [0.29, 0.717) is 53.6 Å². The number of aromatic hydroxyl groups is 1. The molecule has 1 aliphatic rings. The summed E-state index contributed by atoms with van der Waals surface area (Å²) in [7, 11) is 0. The lowest BCUT2D eigenvalue weighted by Crippen LogP contribution is -2.39. The number of benzene rings is 2. The third-order valence-corrected chi connectivity index (χ3v) is 7.17. The Morgan fingerprint density at radius 1 is 1.26 bits per heavy atom. The van der Waals surface area contributed by atoms with Crippen LogP contribution in [0.4, 0.5) is 0 Å². The summed E-state index contributed by atoms with van der Waals surface area (Å²) in [5.74, 6) is 0.120. The number of phenols is 1. The van der Waals surface area contributed by atoms with Gasteiger partial charge in [-0.1, -0.05) is 35.1 Å². The number of nitrogens with zero attached hydrogens (tertiary/aromatic N) is 2. The van der Waals surface area contributed by atoms with E-state index in [1.807, 2.05) is 19.1 Å². The van der Waals surface area contributed by atoms with Gasteiger partial charge in [0.25, 0.3) is 5.56 Å². The van der Waals surface area contributed by atoms with Gasteiger partial charge in [0.05, 0.1) is 39.5 Å². The van der Waals surface area contributed by atoms with E-state index in [4.69, 9.17) is 21.1 Å². The maximum absolute atomic E-state index is 13.6. The molecule has 2 heterocycles.